The standard InChI is InChI=1S/C20H29N3O9/c1-12(24)7-16-8-23(22-21-16)10-20(28,13(2)25)11-30-19-6-5-17(31-15(4)27)18(32-19)9-29-14(3)26/h5-6,8,12,17-19,24,28H,7,9-11H2,1-4H3/t12?,17-,18+,19-,20?/m0/s1. The van der Waals surface area contributed by atoms with Crippen molar-refractivity contribution in [3.8, 4) is 0 Å². The van der Waals surface area contributed by atoms with Crippen LogP contribution in [0.1, 0.15) is 33.4 Å². The van der Waals surface area contributed by atoms with Crippen molar-refractivity contribution in [1.29, 1.82) is 0 Å². The van der Waals surface area contributed by atoms with E-state index >= 15 is 0 Å². The number of esters is 2. The van der Waals surface area contributed by atoms with Crippen molar-refractivity contribution in [2.24, 2.45) is 0 Å². The van der Waals surface area contributed by atoms with Crippen LogP contribution in [0, 0.1) is 0 Å². The van der Waals surface area contributed by atoms with Crippen LogP contribution < -0.4 is 0 Å². The zero-order valence-corrected chi connectivity index (χ0v) is 18.5. The molecule has 1 aliphatic heterocycles. The van der Waals surface area contributed by atoms with Crippen LogP contribution in [-0.4, -0.2) is 86.3 Å². The number of aliphatic hydroxyl groups excluding tert-OH is 1. The molecule has 2 heterocycles. The second-order valence-corrected chi connectivity index (χ2v) is 7.66. The third kappa shape index (κ3) is 7.79. The van der Waals surface area contributed by atoms with Crippen LogP contribution in [0.4, 0.5) is 0 Å². The van der Waals surface area contributed by atoms with Gasteiger partial charge < -0.3 is 29.2 Å². The second-order valence-electron chi connectivity index (χ2n) is 7.66. The average Bonchev–Trinajstić information content (AvgIpc) is 3.11. The Labute approximate surface area is 185 Å². The van der Waals surface area contributed by atoms with E-state index in [2.05, 4.69) is 10.3 Å². The smallest absolute Gasteiger partial charge is 0.303 e. The Balaban J connectivity index is 2.03. The van der Waals surface area contributed by atoms with E-state index < -0.39 is 54.5 Å². The zero-order chi connectivity index (χ0) is 23.9. The predicted molar refractivity (Wildman–Crippen MR) is 107 cm³/mol. The van der Waals surface area contributed by atoms with E-state index in [-0.39, 0.29) is 19.6 Å². The maximum atomic E-state index is 12.1. The highest BCUT2D eigenvalue weighted by Crippen LogP contribution is 2.20. The molecule has 2 rings (SSSR count). The van der Waals surface area contributed by atoms with Crippen LogP contribution in [0.25, 0.3) is 0 Å². The van der Waals surface area contributed by atoms with E-state index in [1.807, 2.05) is 0 Å². The molecule has 0 saturated heterocycles. The van der Waals surface area contributed by atoms with E-state index in [4.69, 9.17) is 18.9 Å². The van der Waals surface area contributed by atoms with Gasteiger partial charge in [-0.3, -0.25) is 14.4 Å². The average molecular weight is 455 g/mol. The minimum Gasteiger partial charge on any atom is -0.463 e. The lowest BCUT2D eigenvalue weighted by molar-refractivity contribution is -0.211. The number of aliphatic hydroxyl groups is 2. The van der Waals surface area contributed by atoms with Crippen molar-refractivity contribution in [1.82, 2.24) is 15.0 Å². The summed E-state index contributed by atoms with van der Waals surface area (Å²) < 4.78 is 22.6. The van der Waals surface area contributed by atoms with E-state index in [9.17, 15) is 24.6 Å². The lowest BCUT2D eigenvalue weighted by Gasteiger charge is -2.33. The number of ketones is 1. The van der Waals surface area contributed by atoms with Gasteiger partial charge in [-0.15, -0.1) is 5.10 Å². The molecule has 0 fully saturated rings. The Morgan fingerprint density at radius 2 is 1.97 bits per heavy atom. The van der Waals surface area contributed by atoms with Crippen molar-refractivity contribution < 1.29 is 43.5 Å². The highest BCUT2D eigenvalue weighted by Gasteiger charge is 2.37. The Morgan fingerprint density at radius 1 is 1.25 bits per heavy atom. The number of carbonyl (C=O) groups is 3. The fraction of sp³-hybridized carbons (Fsp3) is 0.650. The summed E-state index contributed by atoms with van der Waals surface area (Å²) in [6.45, 7) is 4.46. The van der Waals surface area contributed by atoms with Gasteiger partial charge in [-0.2, -0.15) is 0 Å². The first-order valence-corrected chi connectivity index (χ1v) is 10.0. The summed E-state index contributed by atoms with van der Waals surface area (Å²) in [5, 5.41) is 28.1. The number of Topliss-reactive ketones (excluding diaryl/α,β-unsaturated/α-hetero) is 1. The molecule has 0 spiro atoms. The summed E-state index contributed by atoms with van der Waals surface area (Å²) in [5.41, 5.74) is -1.42. The topological polar surface area (TPSA) is 159 Å². The normalized spacial score (nSPS) is 23.2. The molecule has 0 aliphatic carbocycles. The fourth-order valence-corrected chi connectivity index (χ4v) is 2.91. The van der Waals surface area contributed by atoms with Gasteiger partial charge in [0.05, 0.1) is 24.9 Å². The molecular formula is C20H29N3O9. The highest BCUT2D eigenvalue weighted by molar-refractivity contribution is 5.84. The summed E-state index contributed by atoms with van der Waals surface area (Å²) in [4.78, 5) is 34.6. The minimum atomic E-state index is -1.93. The van der Waals surface area contributed by atoms with E-state index in [0.29, 0.717) is 5.69 Å². The molecule has 0 aromatic carbocycles. The molecule has 1 aliphatic rings. The first-order chi connectivity index (χ1) is 15.0. The van der Waals surface area contributed by atoms with Crippen LogP contribution in [0.3, 0.4) is 0 Å². The van der Waals surface area contributed by atoms with Gasteiger partial charge >= 0.3 is 11.9 Å². The third-order valence-corrected chi connectivity index (χ3v) is 4.54. The number of hydrogen-bond donors (Lipinski definition) is 2. The van der Waals surface area contributed by atoms with Gasteiger partial charge in [0.15, 0.2) is 17.7 Å². The Kier molecular flexibility index (Phi) is 9.01. The second kappa shape index (κ2) is 11.3. The Hall–Kier alpha value is -2.67. The zero-order valence-electron chi connectivity index (χ0n) is 18.5. The molecule has 12 nitrogen and oxygen atoms in total. The van der Waals surface area contributed by atoms with Gasteiger partial charge in [-0.05, 0) is 26.0 Å². The molecule has 0 saturated carbocycles. The summed E-state index contributed by atoms with van der Waals surface area (Å²) in [7, 11) is 0. The number of rotatable bonds is 11. The number of hydrogen-bond acceptors (Lipinski definition) is 11. The largest absolute Gasteiger partial charge is 0.463 e. The van der Waals surface area contributed by atoms with Crippen LogP contribution in [-0.2, 0) is 46.3 Å². The van der Waals surface area contributed by atoms with Crippen molar-refractivity contribution >= 4 is 17.7 Å². The summed E-state index contributed by atoms with van der Waals surface area (Å²) in [6.07, 6.45) is 1.57. The van der Waals surface area contributed by atoms with Crippen molar-refractivity contribution in [2.45, 2.75) is 70.9 Å². The van der Waals surface area contributed by atoms with Gasteiger partial charge in [-0.1, -0.05) is 5.21 Å². The van der Waals surface area contributed by atoms with E-state index in [1.165, 1.54) is 43.8 Å². The van der Waals surface area contributed by atoms with Crippen molar-refractivity contribution in [3.05, 3.63) is 24.0 Å². The fourth-order valence-electron chi connectivity index (χ4n) is 2.91. The quantitative estimate of drug-likeness (QED) is 0.321. The maximum Gasteiger partial charge on any atom is 0.303 e. The molecule has 0 amide bonds. The van der Waals surface area contributed by atoms with E-state index in [1.54, 1.807) is 6.92 Å². The SMILES string of the molecule is CC(=O)OC[C@H]1O[C@H](OCC(O)(Cn2cc(CC(C)O)nn2)C(C)=O)C=C[C@@H]1OC(C)=O. The highest BCUT2D eigenvalue weighted by atomic mass is 16.7. The predicted octanol–water partition coefficient (Wildman–Crippen LogP) is -0.686. The molecule has 178 valence electrons. The number of ether oxygens (including phenoxy) is 4. The molecule has 0 bridgehead atoms. The molecule has 2 unspecified atom stereocenters. The van der Waals surface area contributed by atoms with E-state index in [0.717, 1.165) is 0 Å². The van der Waals surface area contributed by atoms with Crippen molar-refractivity contribution in [3.63, 3.8) is 0 Å². The summed E-state index contributed by atoms with van der Waals surface area (Å²) in [6, 6.07) is 0. The lowest BCUT2D eigenvalue weighted by atomic mass is 10.0. The molecule has 0 radical (unpaired) electrons. The molecule has 2 N–H and O–H groups in total. The van der Waals surface area contributed by atoms with Gasteiger partial charge in [0.2, 0.25) is 0 Å². The summed E-state index contributed by atoms with van der Waals surface area (Å²) >= 11 is 0. The van der Waals surface area contributed by atoms with Gasteiger partial charge in [0.1, 0.15) is 18.8 Å². The third-order valence-electron chi connectivity index (χ3n) is 4.54. The first kappa shape index (κ1) is 25.6. The van der Waals surface area contributed by atoms with Crippen LogP contribution in [0.5, 0.6) is 0 Å². The molecule has 1 aromatic heterocycles. The monoisotopic (exact) mass is 455 g/mol. The summed E-state index contributed by atoms with van der Waals surface area (Å²) in [5.74, 6) is -1.63. The van der Waals surface area contributed by atoms with Crippen molar-refractivity contribution in [2.75, 3.05) is 13.2 Å². The Bertz CT molecular complexity index is 838. The molecular weight excluding hydrogens is 426 g/mol. The van der Waals surface area contributed by atoms with Gasteiger partial charge in [0.25, 0.3) is 0 Å². The molecule has 5 atom stereocenters. The molecule has 12 heteroatoms. The van der Waals surface area contributed by atoms with Crippen LogP contribution >= 0.6 is 0 Å². The lowest BCUT2D eigenvalue weighted by Crippen LogP contribution is -2.48. The molecule has 1 aromatic rings. The van der Waals surface area contributed by atoms with Crippen LogP contribution in [0.2, 0.25) is 0 Å². The first-order valence-electron chi connectivity index (χ1n) is 10.0. The van der Waals surface area contributed by atoms with Crippen LogP contribution in [0.15, 0.2) is 18.3 Å². The number of carbonyl (C=O) groups excluding carboxylic acids is 3. The molecule has 32 heavy (non-hydrogen) atoms. The Morgan fingerprint density at radius 3 is 2.56 bits per heavy atom. The minimum absolute atomic E-state index is 0.181. The van der Waals surface area contributed by atoms with Gasteiger partial charge in [0, 0.05) is 26.5 Å². The van der Waals surface area contributed by atoms with Gasteiger partial charge in [-0.25, -0.2) is 4.68 Å². The number of aromatic nitrogens is 3. The maximum absolute atomic E-state index is 12.1. The number of nitrogens with zero attached hydrogens (tertiary/aromatic N) is 3.